The highest BCUT2D eigenvalue weighted by Crippen LogP contribution is 2.29. The summed E-state index contributed by atoms with van der Waals surface area (Å²) in [6.07, 6.45) is 1.56. The Morgan fingerprint density at radius 2 is 1.85 bits per heavy atom. The number of hydrogen-bond donors (Lipinski definition) is 1. The van der Waals surface area contributed by atoms with Crippen molar-refractivity contribution in [2.24, 2.45) is 5.10 Å². The van der Waals surface area contributed by atoms with Crippen molar-refractivity contribution in [1.29, 1.82) is 0 Å². The maximum Gasteiger partial charge on any atom is 0.272 e. The van der Waals surface area contributed by atoms with Crippen LogP contribution in [0.15, 0.2) is 53.6 Å². The summed E-state index contributed by atoms with van der Waals surface area (Å²) in [5.41, 5.74) is 4.60. The SMILES string of the molecule is COc1ccc2ccc(OC)c(/C=N\NC(=O)c3ccc(C)cc3Cl)c2c1. The smallest absolute Gasteiger partial charge is 0.272 e. The Labute approximate surface area is 162 Å². The van der Waals surface area contributed by atoms with Gasteiger partial charge in [-0.25, -0.2) is 5.43 Å². The molecule has 1 amide bonds. The number of methoxy groups -OCH3 is 2. The van der Waals surface area contributed by atoms with Crippen LogP contribution in [0, 0.1) is 6.92 Å². The summed E-state index contributed by atoms with van der Waals surface area (Å²) in [6, 6.07) is 14.8. The summed E-state index contributed by atoms with van der Waals surface area (Å²) < 4.78 is 10.7. The van der Waals surface area contributed by atoms with E-state index in [1.165, 1.54) is 0 Å². The van der Waals surface area contributed by atoms with Crippen LogP contribution in [0.25, 0.3) is 10.8 Å². The van der Waals surface area contributed by atoms with Crippen LogP contribution in [-0.4, -0.2) is 26.3 Å². The monoisotopic (exact) mass is 382 g/mol. The van der Waals surface area contributed by atoms with Gasteiger partial charge in [0.1, 0.15) is 11.5 Å². The molecule has 0 aliphatic carbocycles. The van der Waals surface area contributed by atoms with E-state index in [-0.39, 0.29) is 5.91 Å². The average molecular weight is 383 g/mol. The maximum atomic E-state index is 12.3. The number of benzene rings is 3. The third kappa shape index (κ3) is 4.04. The van der Waals surface area contributed by atoms with Gasteiger partial charge in [0.25, 0.3) is 5.91 Å². The van der Waals surface area contributed by atoms with Crippen LogP contribution in [0.2, 0.25) is 5.02 Å². The number of carbonyl (C=O) groups is 1. The van der Waals surface area contributed by atoms with Crippen molar-refractivity contribution in [3.8, 4) is 11.5 Å². The average Bonchev–Trinajstić information content (AvgIpc) is 2.67. The summed E-state index contributed by atoms with van der Waals surface area (Å²) in [4.78, 5) is 12.3. The van der Waals surface area contributed by atoms with Gasteiger partial charge in [-0.1, -0.05) is 29.8 Å². The molecule has 0 aliphatic heterocycles. The number of ether oxygens (including phenoxy) is 2. The normalized spacial score (nSPS) is 11.0. The first-order valence-corrected chi connectivity index (χ1v) is 8.65. The number of fused-ring (bicyclic) bond motifs is 1. The third-order valence-electron chi connectivity index (χ3n) is 4.18. The van der Waals surface area contributed by atoms with Crippen molar-refractivity contribution < 1.29 is 14.3 Å². The first-order valence-electron chi connectivity index (χ1n) is 8.28. The van der Waals surface area contributed by atoms with Crippen LogP contribution in [0.3, 0.4) is 0 Å². The summed E-state index contributed by atoms with van der Waals surface area (Å²) >= 11 is 6.13. The number of amides is 1. The molecule has 0 spiro atoms. The Balaban J connectivity index is 1.91. The zero-order chi connectivity index (χ0) is 19.4. The maximum absolute atomic E-state index is 12.3. The van der Waals surface area contributed by atoms with Crippen molar-refractivity contribution >= 4 is 34.5 Å². The second kappa shape index (κ2) is 8.10. The molecule has 5 nitrogen and oxygen atoms in total. The molecule has 138 valence electrons. The lowest BCUT2D eigenvalue weighted by Gasteiger charge is -2.10. The fourth-order valence-electron chi connectivity index (χ4n) is 2.76. The second-order valence-corrected chi connectivity index (χ2v) is 6.36. The fraction of sp³-hybridized carbons (Fsp3) is 0.143. The summed E-state index contributed by atoms with van der Waals surface area (Å²) in [7, 11) is 3.20. The number of nitrogens with zero attached hydrogens (tertiary/aromatic N) is 1. The van der Waals surface area contributed by atoms with Crippen LogP contribution >= 0.6 is 11.6 Å². The van der Waals surface area contributed by atoms with Crippen molar-refractivity contribution in [2.45, 2.75) is 6.92 Å². The largest absolute Gasteiger partial charge is 0.497 e. The van der Waals surface area contributed by atoms with Crippen LogP contribution in [0.4, 0.5) is 0 Å². The van der Waals surface area contributed by atoms with Crippen LogP contribution < -0.4 is 14.9 Å². The molecule has 3 aromatic rings. The molecule has 0 heterocycles. The number of nitrogens with one attached hydrogen (secondary N) is 1. The molecule has 3 aromatic carbocycles. The Morgan fingerprint density at radius 3 is 2.56 bits per heavy atom. The van der Waals surface area contributed by atoms with Crippen LogP contribution in [0.1, 0.15) is 21.5 Å². The zero-order valence-electron chi connectivity index (χ0n) is 15.2. The highest BCUT2D eigenvalue weighted by Gasteiger charge is 2.11. The molecule has 0 atom stereocenters. The third-order valence-corrected chi connectivity index (χ3v) is 4.49. The number of rotatable bonds is 5. The van der Waals surface area contributed by atoms with Gasteiger partial charge in [-0.2, -0.15) is 5.10 Å². The van der Waals surface area contributed by atoms with Gasteiger partial charge in [0.15, 0.2) is 0 Å². The van der Waals surface area contributed by atoms with Crippen molar-refractivity contribution in [1.82, 2.24) is 5.43 Å². The summed E-state index contributed by atoms with van der Waals surface area (Å²) in [5.74, 6) is 0.982. The van der Waals surface area contributed by atoms with E-state index in [0.29, 0.717) is 16.3 Å². The van der Waals surface area contributed by atoms with Gasteiger partial charge in [0, 0.05) is 5.56 Å². The minimum Gasteiger partial charge on any atom is -0.497 e. The van der Waals surface area contributed by atoms with E-state index in [9.17, 15) is 4.79 Å². The molecule has 0 saturated heterocycles. The number of hydrogen-bond acceptors (Lipinski definition) is 4. The van der Waals surface area contributed by atoms with E-state index in [2.05, 4.69) is 10.5 Å². The number of aryl methyl sites for hydroxylation is 1. The van der Waals surface area contributed by atoms with Crippen LogP contribution in [-0.2, 0) is 0 Å². The van der Waals surface area contributed by atoms with Gasteiger partial charge in [-0.3, -0.25) is 4.79 Å². The van der Waals surface area contributed by atoms with Gasteiger partial charge in [-0.05, 0) is 53.6 Å². The van der Waals surface area contributed by atoms with E-state index in [0.717, 1.165) is 27.6 Å². The van der Waals surface area contributed by atoms with Gasteiger partial charge < -0.3 is 9.47 Å². The minimum absolute atomic E-state index is 0.367. The Hall–Kier alpha value is -3.05. The topological polar surface area (TPSA) is 59.9 Å². The lowest BCUT2D eigenvalue weighted by molar-refractivity contribution is 0.0955. The molecule has 0 unspecified atom stereocenters. The predicted octanol–water partition coefficient (Wildman–Crippen LogP) is 4.58. The Morgan fingerprint density at radius 1 is 1.07 bits per heavy atom. The molecule has 27 heavy (non-hydrogen) atoms. The molecule has 0 bridgehead atoms. The molecular weight excluding hydrogens is 364 g/mol. The highest BCUT2D eigenvalue weighted by atomic mass is 35.5. The molecule has 0 aromatic heterocycles. The van der Waals surface area contributed by atoms with Crippen molar-refractivity contribution in [2.75, 3.05) is 14.2 Å². The first kappa shape index (κ1) is 18.7. The molecule has 3 rings (SSSR count). The molecule has 0 fully saturated rings. The Kier molecular flexibility index (Phi) is 5.62. The molecule has 0 aliphatic rings. The Bertz CT molecular complexity index is 1030. The molecule has 6 heteroatoms. The van der Waals surface area contributed by atoms with E-state index < -0.39 is 0 Å². The van der Waals surface area contributed by atoms with Gasteiger partial charge in [-0.15, -0.1) is 0 Å². The van der Waals surface area contributed by atoms with Crippen LogP contribution in [0.5, 0.6) is 11.5 Å². The minimum atomic E-state index is -0.381. The second-order valence-electron chi connectivity index (χ2n) is 5.95. The lowest BCUT2D eigenvalue weighted by Crippen LogP contribution is -2.18. The molecular formula is C21H19ClN2O3. The summed E-state index contributed by atoms with van der Waals surface area (Å²) in [6.45, 7) is 1.91. The van der Waals surface area contributed by atoms with E-state index in [4.69, 9.17) is 21.1 Å². The first-order chi connectivity index (χ1) is 13.0. The predicted molar refractivity (Wildman–Crippen MR) is 108 cm³/mol. The summed E-state index contributed by atoms with van der Waals surface area (Å²) in [5, 5.41) is 6.38. The van der Waals surface area contributed by atoms with Crippen molar-refractivity contribution in [3.63, 3.8) is 0 Å². The van der Waals surface area contributed by atoms with E-state index in [1.807, 2.05) is 43.3 Å². The van der Waals surface area contributed by atoms with Gasteiger partial charge in [0.05, 0.1) is 31.0 Å². The number of carbonyl (C=O) groups excluding carboxylic acids is 1. The standard InChI is InChI=1S/C21H19ClN2O3/c1-13-4-8-16(19(22)10-13)21(25)24-23-12-18-17-11-15(26-2)7-5-14(17)6-9-20(18)27-3/h4-12H,1-3H3,(H,24,25)/b23-12-. The number of halogens is 1. The molecule has 1 N–H and O–H groups in total. The highest BCUT2D eigenvalue weighted by molar-refractivity contribution is 6.33. The van der Waals surface area contributed by atoms with E-state index >= 15 is 0 Å². The van der Waals surface area contributed by atoms with Gasteiger partial charge in [0.2, 0.25) is 0 Å². The fourth-order valence-corrected chi connectivity index (χ4v) is 3.08. The number of hydrazone groups is 1. The lowest BCUT2D eigenvalue weighted by atomic mass is 10.0. The van der Waals surface area contributed by atoms with E-state index in [1.54, 1.807) is 32.6 Å². The van der Waals surface area contributed by atoms with Gasteiger partial charge >= 0.3 is 0 Å². The van der Waals surface area contributed by atoms with Crippen molar-refractivity contribution in [3.05, 3.63) is 70.2 Å². The quantitative estimate of drug-likeness (QED) is 0.519. The molecule has 0 radical (unpaired) electrons. The molecule has 0 saturated carbocycles. The zero-order valence-corrected chi connectivity index (χ0v) is 16.0.